The average Bonchev–Trinajstić information content (AvgIpc) is 2.44. The van der Waals surface area contributed by atoms with E-state index in [0.29, 0.717) is 25.7 Å². The molecule has 0 aliphatic carbocycles. The lowest BCUT2D eigenvalue weighted by Gasteiger charge is -2.09. The van der Waals surface area contributed by atoms with E-state index in [9.17, 15) is 0 Å². The number of ether oxygens (including phenoxy) is 3. The number of hydrogen-bond acceptors (Lipinski definition) is 5. The third-order valence-electron chi connectivity index (χ3n) is 2.53. The molecule has 1 aromatic rings. The molecule has 0 fully saturated rings. The Hall–Kier alpha value is -1.17. The van der Waals surface area contributed by atoms with Crippen LogP contribution in [0.15, 0.2) is 18.3 Å². The average molecular weight is 282 g/mol. The Morgan fingerprint density at radius 1 is 1.20 bits per heavy atom. The third kappa shape index (κ3) is 8.09. The van der Waals surface area contributed by atoms with Crippen molar-refractivity contribution in [2.45, 2.75) is 20.4 Å². The summed E-state index contributed by atoms with van der Waals surface area (Å²) >= 11 is 0. The molecule has 0 radical (unpaired) electrons. The topological polar surface area (TPSA) is 52.6 Å². The van der Waals surface area contributed by atoms with Crippen LogP contribution in [0.2, 0.25) is 0 Å². The zero-order valence-electron chi connectivity index (χ0n) is 12.7. The van der Waals surface area contributed by atoms with Gasteiger partial charge in [0.2, 0.25) is 0 Å². The molecular formula is C15H26N2O3. The largest absolute Gasteiger partial charge is 0.490 e. The number of nitrogens with one attached hydrogen (secondary N) is 1. The van der Waals surface area contributed by atoms with Crippen LogP contribution in [0.4, 0.5) is 0 Å². The van der Waals surface area contributed by atoms with E-state index in [1.165, 1.54) is 0 Å². The first-order valence-corrected chi connectivity index (χ1v) is 7.07. The van der Waals surface area contributed by atoms with Gasteiger partial charge in [0.05, 0.1) is 25.1 Å². The maximum Gasteiger partial charge on any atom is 0.137 e. The zero-order valence-corrected chi connectivity index (χ0v) is 12.7. The van der Waals surface area contributed by atoms with Gasteiger partial charge in [0.15, 0.2) is 0 Å². The van der Waals surface area contributed by atoms with Crippen molar-refractivity contribution >= 4 is 0 Å². The van der Waals surface area contributed by atoms with E-state index in [2.05, 4.69) is 24.1 Å². The van der Waals surface area contributed by atoms with Gasteiger partial charge in [-0.2, -0.15) is 0 Å². The Kier molecular flexibility index (Phi) is 8.95. The molecule has 0 unspecified atom stereocenters. The Morgan fingerprint density at radius 3 is 2.70 bits per heavy atom. The van der Waals surface area contributed by atoms with E-state index < -0.39 is 0 Å². The van der Waals surface area contributed by atoms with E-state index in [0.717, 1.165) is 31.1 Å². The molecule has 1 aromatic heterocycles. The fraction of sp³-hybridized carbons (Fsp3) is 0.667. The molecule has 0 saturated carbocycles. The highest BCUT2D eigenvalue weighted by Gasteiger charge is 1.98. The number of aromatic nitrogens is 1. The van der Waals surface area contributed by atoms with Crippen molar-refractivity contribution < 1.29 is 14.2 Å². The van der Waals surface area contributed by atoms with Gasteiger partial charge in [0.1, 0.15) is 12.4 Å². The van der Waals surface area contributed by atoms with Crippen LogP contribution in [0.1, 0.15) is 19.5 Å². The zero-order chi connectivity index (χ0) is 14.6. The van der Waals surface area contributed by atoms with Crippen molar-refractivity contribution in [1.82, 2.24) is 10.3 Å². The second-order valence-electron chi connectivity index (χ2n) is 4.97. The lowest BCUT2D eigenvalue weighted by atomic mass is 10.2. The summed E-state index contributed by atoms with van der Waals surface area (Å²) in [5.41, 5.74) is 0.990. The molecule has 1 rings (SSSR count). The van der Waals surface area contributed by atoms with E-state index in [4.69, 9.17) is 14.2 Å². The minimum absolute atomic E-state index is 0.555. The van der Waals surface area contributed by atoms with E-state index in [1.54, 1.807) is 13.3 Å². The molecule has 114 valence electrons. The molecule has 0 aromatic carbocycles. The van der Waals surface area contributed by atoms with Crippen LogP contribution in [0, 0.1) is 5.92 Å². The summed E-state index contributed by atoms with van der Waals surface area (Å²) in [5, 5.41) is 3.24. The number of rotatable bonds is 11. The summed E-state index contributed by atoms with van der Waals surface area (Å²) in [6.07, 6.45) is 1.75. The first-order valence-electron chi connectivity index (χ1n) is 7.07. The normalized spacial score (nSPS) is 11.0. The van der Waals surface area contributed by atoms with Gasteiger partial charge in [-0.1, -0.05) is 13.8 Å². The van der Waals surface area contributed by atoms with Crippen molar-refractivity contribution in [3.05, 3.63) is 24.0 Å². The van der Waals surface area contributed by atoms with Gasteiger partial charge in [-0.15, -0.1) is 0 Å². The van der Waals surface area contributed by atoms with Crippen molar-refractivity contribution in [3.8, 4) is 5.75 Å². The van der Waals surface area contributed by atoms with Crippen molar-refractivity contribution in [2.75, 3.05) is 40.1 Å². The summed E-state index contributed by atoms with van der Waals surface area (Å²) in [4.78, 5) is 4.33. The predicted octanol–water partition coefficient (Wildman–Crippen LogP) is 1.87. The molecule has 0 amide bonds. The molecule has 0 saturated heterocycles. The minimum Gasteiger partial charge on any atom is -0.490 e. The van der Waals surface area contributed by atoms with E-state index in [1.807, 2.05) is 12.1 Å². The van der Waals surface area contributed by atoms with Crippen LogP contribution >= 0.6 is 0 Å². The van der Waals surface area contributed by atoms with Crippen molar-refractivity contribution in [2.24, 2.45) is 5.92 Å². The fourth-order valence-corrected chi connectivity index (χ4v) is 1.53. The molecule has 0 atom stereocenters. The quantitative estimate of drug-likeness (QED) is 0.628. The first kappa shape index (κ1) is 16.9. The highest BCUT2D eigenvalue weighted by atomic mass is 16.5. The molecule has 0 spiro atoms. The molecule has 0 bridgehead atoms. The summed E-state index contributed by atoms with van der Waals surface area (Å²) in [6, 6.07) is 3.90. The van der Waals surface area contributed by atoms with Crippen molar-refractivity contribution in [3.63, 3.8) is 0 Å². The van der Waals surface area contributed by atoms with Gasteiger partial charge in [-0.05, 0) is 18.1 Å². The highest BCUT2D eigenvalue weighted by molar-refractivity contribution is 5.19. The highest BCUT2D eigenvalue weighted by Crippen LogP contribution is 2.08. The van der Waals surface area contributed by atoms with Gasteiger partial charge in [0.25, 0.3) is 0 Å². The second-order valence-corrected chi connectivity index (χ2v) is 4.97. The maximum atomic E-state index is 5.56. The van der Waals surface area contributed by atoms with E-state index in [-0.39, 0.29) is 0 Å². The monoisotopic (exact) mass is 282 g/mol. The minimum atomic E-state index is 0.555. The SMILES string of the molecule is COCCNCc1ccc(OCCOCC(C)C)cn1. The first-order chi connectivity index (χ1) is 9.72. The lowest BCUT2D eigenvalue weighted by Crippen LogP contribution is -2.19. The maximum absolute atomic E-state index is 5.56. The van der Waals surface area contributed by atoms with Crippen LogP contribution < -0.4 is 10.1 Å². The second kappa shape index (κ2) is 10.6. The molecule has 0 aliphatic heterocycles. The van der Waals surface area contributed by atoms with Gasteiger partial charge in [-0.3, -0.25) is 4.98 Å². The molecular weight excluding hydrogens is 256 g/mol. The smallest absolute Gasteiger partial charge is 0.137 e. The molecule has 1 heterocycles. The molecule has 20 heavy (non-hydrogen) atoms. The van der Waals surface area contributed by atoms with Crippen LogP contribution in [0.25, 0.3) is 0 Å². The van der Waals surface area contributed by atoms with Gasteiger partial charge >= 0.3 is 0 Å². The molecule has 5 heteroatoms. The Morgan fingerprint density at radius 2 is 2.05 bits per heavy atom. The standard InChI is InChI=1S/C15H26N2O3/c1-13(2)12-19-8-9-20-15-5-4-14(17-11-15)10-16-6-7-18-3/h4-5,11,13,16H,6-10,12H2,1-3H3. The molecule has 0 aliphatic rings. The summed E-state index contributed by atoms with van der Waals surface area (Å²) in [5.74, 6) is 1.33. The number of methoxy groups -OCH3 is 1. The third-order valence-corrected chi connectivity index (χ3v) is 2.53. The Labute approximate surface area is 121 Å². The van der Waals surface area contributed by atoms with Crippen LogP contribution in [0.3, 0.4) is 0 Å². The fourth-order valence-electron chi connectivity index (χ4n) is 1.53. The summed E-state index contributed by atoms with van der Waals surface area (Å²) in [6.45, 7) is 8.46. The Bertz CT molecular complexity index is 341. The van der Waals surface area contributed by atoms with Gasteiger partial charge < -0.3 is 19.5 Å². The number of nitrogens with zero attached hydrogens (tertiary/aromatic N) is 1. The Balaban J connectivity index is 2.15. The van der Waals surface area contributed by atoms with Crippen LogP contribution in [-0.4, -0.2) is 45.1 Å². The summed E-state index contributed by atoms with van der Waals surface area (Å²) < 4.78 is 16.0. The van der Waals surface area contributed by atoms with Gasteiger partial charge in [0, 0.05) is 26.8 Å². The van der Waals surface area contributed by atoms with Crippen molar-refractivity contribution in [1.29, 1.82) is 0 Å². The van der Waals surface area contributed by atoms with E-state index >= 15 is 0 Å². The van der Waals surface area contributed by atoms with Crippen LogP contribution in [0.5, 0.6) is 5.75 Å². The number of pyridine rings is 1. The number of hydrogen-bond donors (Lipinski definition) is 1. The predicted molar refractivity (Wildman–Crippen MR) is 79.0 cm³/mol. The molecule has 5 nitrogen and oxygen atoms in total. The summed E-state index contributed by atoms with van der Waals surface area (Å²) in [7, 11) is 1.69. The van der Waals surface area contributed by atoms with Crippen LogP contribution in [-0.2, 0) is 16.0 Å². The lowest BCUT2D eigenvalue weighted by molar-refractivity contribution is 0.0818. The van der Waals surface area contributed by atoms with Gasteiger partial charge in [-0.25, -0.2) is 0 Å². The molecule has 1 N–H and O–H groups in total.